The summed E-state index contributed by atoms with van der Waals surface area (Å²) >= 11 is 0. The summed E-state index contributed by atoms with van der Waals surface area (Å²) in [5.41, 5.74) is 0. The Morgan fingerprint density at radius 2 is 0.808 bits per heavy atom. The van der Waals surface area contributed by atoms with Crippen molar-refractivity contribution < 1.29 is 39.8 Å². The van der Waals surface area contributed by atoms with Crippen LogP contribution in [0.3, 0.4) is 0 Å². The van der Waals surface area contributed by atoms with Gasteiger partial charge in [0.25, 0.3) is 0 Å². The number of allylic oxidation sites excluding steroid dienone is 15. The van der Waals surface area contributed by atoms with Gasteiger partial charge < -0.3 is 40.3 Å². The van der Waals surface area contributed by atoms with E-state index in [1.165, 1.54) is 180 Å². The predicted octanol–water partition coefficient (Wildman–Crippen LogP) is 17.1. The van der Waals surface area contributed by atoms with Crippen LogP contribution >= 0.6 is 0 Å². The minimum Gasteiger partial charge on any atom is -0.394 e. The van der Waals surface area contributed by atoms with E-state index < -0.39 is 49.5 Å². The van der Waals surface area contributed by atoms with Crippen molar-refractivity contribution in [1.29, 1.82) is 0 Å². The topological polar surface area (TPSA) is 149 Å². The van der Waals surface area contributed by atoms with E-state index in [1.807, 2.05) is 6.08 Å². The lowest BCUT2D eigenvalue weighted by Gasteiger charge is -2.40. The number of unbranched alkanes of at least 4 members (excludes halogenated alkanes) is 31. The highest BCUT2D eigenvalue weighted by Crippen LogP contribution is 2.23. The Bertz CT molecular complexity index is 1550. The van der Waals surface area contributed by atoms with Crippen molar-refractivity contribution in [2.75, 3.05) is 13.2 Å². The van der Waals surface area contributed by atoms with Crippen LogP contribution in [0, 0.1) is 0 Å². The molecule has 0 aromatic heterocycles. The van der Waals surface area contributed by atoms with Gasteiger partial charge in [-0.25, -0.2) is 0 Å². The molecule has 1 fully saturated rings. The first-order valence-electron chi connectivity index (χ1n) is 32.5. The summed E-state index contributed by atoms with van der Waals surface area (Å²) < 4.78 is 11.3. The molecule has 1 saturated heterocycles. The molecular formula is C69H121NO8. The average Bonchev–Trinajstić information content (AvgIpc) is 3.46. The third-order valence-corrected chi connectivity index (χ3v) is 14.9. The molecule has 1 aliphatic heterocycles. The van der Waals surface area contributed by atoms with E-state index >= 15 is 0 Å². The largest absolute Gasteiger partial charge is 0.394 e. The van der Waals surface area contributed by atoms with Crippen LogP contribution in [-0.4, -0.2) is 87.5 Å². The maximum Gasteiger partial charge on any atom is 0.220 e. The van der Waals surface area contributed by atoms with Crippen molar-refractivity contribution in [2.24, 2.45) is 0 Å². The molecule has 0 aromatic carbocycles. The third-order valence-electron chi connectivity index (χ3n) is 14.9. The summed E-state index contributed by atoms with van der Waals surface area (Å²) in [7, 11) is 0. The van der Waals surface area contributed by atoms with Crippen molar-refractivity contribution in [1.82, 2.24) is 5.32 Å². The molecule has 0 aliphatic carbocycles. The first-order valence-corrected chi connectivity index (χ1v) is 32.5. The zero-order valence-corrected chi connectivity index (χ0v) is 50.1. The summed E-state index contributed by atoms with van der Waals surface area (Å²) in [5.74, 6) is -0.186. The van der Waals surface area contributed by atoms with Gasteiger partial charge in [-0.05, 0) is 83.5 Å². The summed E-state index contributed by atoms with van der Waals surface area (Å²) in [6.07, 6.45) is 76.6. The maximum atomic E-state index is 13.1. The molecule has 0 aromatic rings. The van der Waals surface area contributed by atoms with Crippen LogP contribution < -0.4 is 5.32 Å². The van der Waals surface area contributed by atoms with Crippen LogP contribution in [0.1, 0.15) is 277 Å². The van der Waals surface area contributed by atoms with Gasteiger partial charge in [0, 0.05) is 6.42 Å². The highest BCUT2D eigenvalue weighted by atomic mass is 16.7. The van der Waals surface area contributed by atoms with E-state index in [4.69, 9.17) is 9.47 Å². The molecule has 78 heavy (non-hydrogen) atoms. The number of rotatable bonds is 55. The van der Waals surface area contributed by atoms with Crippen LogP contribution in [-0.2, 0) is 14.3 Å². The Morgan fingerprint density at radius 1 is 0.449 bits per heavy atom. The highest BCUT2D eigenvalue weighted by molar-refractivity contribution is 5.76. The lowest BCUT2D eigenvalue weighted by Crippen LogP contribution is -2.60. The molecule has 1 aliphatic rings. The minimum atomic E-state index is -1.57. The summed E-state index contributed by atoms with van der Waals surface area (Å²) in [5, 5.41) is 54.5. The molecule has 7 atom stereocenters. The molecule has 1 heterocycles. The first kappa shape index (κ1) is 73.1. The number of carbonyl (C=O) groups excluding carboxylic acids is 1. The van der Waals surface area contributed by atoms with E-state index in [1.54, 1.807) is 6.08 Å². The monoisotopic (exact) mass is 1090 g/mol. The van der Waals surface area contributed by atoms with Gasteiger partial charge in [0.2, 0.25) is 5.91 Å². The Balaban J connectivity index is 2.05. The maximum absolute atomic E-state index is 13.1. The number of nitrogens with one attached hydrogen (secondary N) is 1. The standard InChI is InChI=1S/C69H121NO8/c1-3-5-7-9-11-13-15-17-19-20-21-22-23-24-25-26-27-28-29-30-31-32-33-34-35-36-37-38-39-40-41-42-43-44-45-47-49-51-53-55-57-59-65(73)70-62(61-77-69-68(76)67(75)66(74)64(60-71)78-69)63(72)58-56-54-52-50-48-46-18-16-14-12-10-8-6-4-2/h5,7,11,13,17,19,21-22,24-25,27-28,48,50,56,58,62-64,66-69,71-72,74-76H,3-4,6,8-10,12,14-16,18,20,23,26,29-47,49,51-55,57,59-61H2,1-2H3,(H,70,73)/b7-5-,13-11-,19-17-,22-21-,25-24-,28-27-,50-48+,58-56+. The van der Waals surface area contributed by atoms with Gasteiger partial charge in [-0.15, -0.1) is 0 Å². The van der Waals surface area contributed by atoms with Gasteiger partial charge >= 0.3 is 0 Å². The SMILES string of the molecule is CC/C=C\C/C=C\C/C=C\C/C=C\C/C=C\C/C=C\CCCCCCCCCCCCCCCCCCCCCCCCC(=O)NC(COC1OC(CO)C(O)C(O)C1O)C(O)/C=C/CC/C=C/CCCCCCCCCC. The molecule has 6 N–H and O–H groups in total. The number of aliphatic hydroxyl groups is 5. The normalized spacial score (nSPS) is 19.3. The lowest BCUT2D eigenvalue weighted by atomic mass is 9.99. The van der Waals surface area contributed by atoms with Crippen LogP contribution in [0.15, 0.2) is 97.2 Å². The van der Waals surface area contributed by atoms with Crippen molar-refractivity contribution in [3.63, 3.8) is 0 Å². The number of aliphatic hydroxyl groups excluding tert-OH is 5. The van der Waals surface area contributed by atoms with Gasteiger partial charge in [-0.2, -0.15) is 0 Å². The fraction of sp³-hybridized carbons (Fsp3) is 0.754. The summed E-state index contributed by atoms with van der Waals surface area (Å²) in [6, 6.07) is -0.823. The molecular weight excluding hydrogens is 971 g/mol. The van der Waals surface area contributed by atoms with Gasteiger partial charge in [0.15, 0.2) is 6.29 Å². The molecule has 1 rings (SSSR count). The molecule has 0 saturated carbocycles. The molecule has 9 heteroatoms. The Hall–Kier alpha value is -2.89. The molecule has 7 unspecified atom stereocenters. The van der Waals surface area contributed by atoms with Crippen LogP contribution in [0.4, 0.5) is 0 Å². The van der Waals surface area contributed by atoms with E-state index in [0.29, 0.717) is 6.42 Å². The molecule has 450 valence electrons. The molecule has 1 amide bonds. The zero-order chi connectivity index (χ0) is 56.5. The lowest BCUT2D eigenvalue weighted by molar-refractivity contribution is -0.302. The second-order valence-electron chi connectivity index (χ2n) is 22.2. The fourth-order valence-electron chi connectivity index (χ4n) is 9.83. The number of carbonyl (C=O) groups is 1. The number of ether oxygens (including phenoxy) is 2. The Kier molecular flexibility index (Phi) is 53.8. The summed E-state index contributed by atoms with van der Waals surface area (Å²) in [6.45, 7) is 3.65. The van der Waals surface area contributed by atoms with Gasteiger partial charge in [-0.1, -0.05) is 284 Å². The number of hydrogen-bond donors (Lipinski definition) is 6. The average molecular weight is 1090 g/mol. The number of hydrogen-bond acceptors (Lipinski definition) is 8. The van der Waals surface area contributed by atoms with Crippen LogP contribution in [0.2, 0.25) is 0 Å². The Morgan fingerprint density at radius 3 is 1.23 bits per heavy atom. The van der Waals surface area contributed by atoms with Crippen molar-refractivity contribution >= 4 is 5.91 Å². The van der Waals surface area contributed by atoms with Gasteiger partial charge in [0.1, 0.15) is 24.4 Å². The Labute approximate surface area is 479 Å². The van der Waals surface area contributed by atoms with E-state index in [0.717, 1.165) is 77.0 Å². The van der Waals surface area contributed by atoms with E-state index in [-0.39, 0.29) is 12.5 Å². The summed E-state index contributed by atoms with van der Waals surface area (Å²) in [4.78, 5) is 13.1. The zero-order valence-electron chi connectivity index (χ0n) is 50.1. The van der Waals surface area contributed by atoms with Gasteiger partial charge in [-0.3, -0.25) is 4.79 Å². The number of amides is 1. The second kappa shape index (κ2) is 57.3. The first-order chi connectivity index (χ1) is 38.3. The smallest absolute Gasteiger partial charge is 0.220 e. The van der Waals surface area contributed by atoms with Crippen LogP contribution in [0.5, 0.6) is 0 Å². The van der Waals surface area contributed by atoms with Crippen molar-refractivity contribution in [3.05, 3.63) is 97.2 Å². The highest BCUT2D eigenvalue weighted by Gasteiger charge is 2.44. The van der Waals surface area contributed by atoms with E-state index in [2.05, 4.69) is 104 Å². The predicted molar refractivity (Wildman–Crippen MR) is 331 cm³/mol. The molecule has 0 radical (unpaired) electrons. The second-order valence-corrected chi connectivity index (χ2v) is 22.2. The van der Waals surface area contributed by atoms with Crippen molar-refractivity contribution in [3.8, 4) is 0 Å². The third kappa shape index (κ3) is 45.8. The van der Waals surface area contributed by atoms with E-state index in [9.17, 15) is 30.3 Å². The minimum absolute atomic E-state index is 0.186. The quantitative estimate of drug-likeness (QED) is 0.0261. The molecule has 0 bridgehead atoms. The molecule has 9 nitrogen and oxygen atoms in total. The molecule has 0 spiro atoms. The van der Waals surface area contributed by atoms with Crippen LogP contribution in [0.25, 0.3) is 0 Å². The fourth-order valence-corrected chi connectivity index (χ4v) is 9.83. The van der Waals surface area contributed by atoms with Gasteiger partial charge in [0.05, 0.1) is 25.4 Å². The van der Waals surface area contributed by atoms with Crippen molar-refractivity contribution in [2.45, 2.75) is 320 Å².